The highest BCUT2D eigenvalue weighted by molar-refractivity contribution is 4.59. The second-order valence-corrected chi connectivity index (χ2v) is 3.15. The lowest BCUT2D eigenvalue weighted by Gasteiger charge is -2.22. The van der Waals surface area contributed by atoms with Gasteiger partial charge in [-0.05, 0) is 32.9 Å². The molecule has 0 unspecified atom stereocenters. The highest BCUT2D eigenvalue weighted by atomic mass is 16.3. The lowest BCUT2D eigenvalue weighted by molar-refractivity contribution is 0.126. The van der Waals surface area contributed by atoms with Crippen molar-refractivity contribution in [2.24, 2.45) is 0 Å². The number of rotatable bonds is 6. The van der Waals surface area contributed by atoms with Crippen LogP contribution in [0.2, 0.25) is 0 Å². The fraction of sp³-hybridized carbons (Fsp3) is 1.00. The summed E-state index contributed by atoms with van der Waals surface area (Å²) in [5.74, 6) is 0. The van der Waals surface area contributed by atoms with E-state index in [2.05, 4.69) is 18.7 Å². The van der Waals surface area contributed by atoms with Crippen molar-refractivity contribution in [2.45, 2.75) is 39.7 Å². The smallest absolute Gasteiger partial charge is 0.0639 e. The molecule has 68 valence electrons. The van der Waals surface area contributed by atoms with Gasteiger partial charge in [0.1, 0.15) is 0 Å². The molecular formula is C9H21NO. The van der Waals surface area contributed by atoms with Crippen LogP contribution in [0.1, 0.15) is 33.6 Å². The van der Waals surface area contributed by atoms with Crippen LogP contribution >= 0.6 is 0 Å². The van der Waals surface area contributed by atoms with Crippen LogP contribution < -0.4 is 0 Å². The molecule has 0 fully saturated rings. The summed E-state index contributed by atoms with van der Waals surface area (Å²) < 4.78 is 0. The van der Waals surface area contributed by atoms with Gasteiger partial charge in [0, 0.05) is 6.54 Å². The Hall–Kier alpha value is -0.0800. The summed E-state index contributed by atoms with van der Waals surface area (Å²) in [5.41, 5.74) is 0. The van der Waals surface area contributed by atoms with Crippen molar-refractivity contribution in [1.29, 1.82) is 0 Å². The molecular weight excluding hydrogens is 138 g/mol. The minimum absolute atomic E-state index is 0.187. The number of aliphatic hydroxyl groups excluding tert-OH is 1. The molecule has 1 atom stereocenters. The Morgan fingerprint density at radius 3 is 1.91 bits per heavy atom. The summed E-state index contributed by atoms with van der Waals surface area (Å²) in [6.07, 6.45) is 2.16. The van der Waals surface area contributed by atoms with E-state index in [4.69, 9.17) is 5.11 Å². The first-order valence-electron chi connectivity index (χ1n) is 4.61. The summed E-state index contributed by atoms with van der Waals surface area (Å²) in [6.45, 7) is 9.23. The average Bonchev–Trinajstić information content (AvgIpc) is 1.87. The van der Waals surface area contributed by atoms with Gasteiger partial charge in [-0.3, -0.25) is 0 Å². The Balaban J connectivity index is 3.50. The van der Waals surface area contributed by atoms with E-state index in [0.717, 1.165) is 19.6 Å². The van der Waals surface area contributed by atoms with Crippen molar-refractivity contribution in [3.05, 3.63) is 0 Å². The third-order valence-corrected chi connectivity index (χ3v) is 1.60. The summed E-state index contributed by atoms with van der Waals surface area (Å²) in [4.78, 5) is 2.31. The Kier molecular flexibility index (Phi) is 6.57. The van der Waals surface area contributed by atoms with E-state index in [-0.39, 0.29) is 6.10 Å². The molecule has 11 heavy (non-hydrogen) atoms. The van der Waals surface area contributed by atoms with Crippen LogP contribution in [0, 0.1) is 0 Å². The Bertz CT molecular complexity index is 77.6. The standard InChI is InChI=1S/C9H21NO/c1-4-6-10(7-5-2)8-9(3)11/h9,11H,4-8H2,1-3H3/t9-/m1/s1. The number of hydrogen-bond donors (Lipinski definition) is 1. The molecule has 0 bridgehead atoms. The third-order valence-electron chi connectivity index (χ3n) is 1.60. The second kappa shape index (κ2) is 6.62. The summed E-state index contributed by atoms with van der Waals surface area (Å²) in [7, 11) is 0. The fourth-order valence-electron chi connectivity index (χ4n) is 1.30. The molecule has 0 saturated carbocycles. The van der Waals surface area contributed by atoms with Crippen molar-refractivity contribution in [3.8, 4) is 0 Å². The predicted octanol–water partition coefficient (Wildman–Crippen LogP) is 1.49. The molecule has 0 aromatic heterocycles. The molecule has 0 aromatic carbocycles. The number of aliphatic hydroxyl groups is 1. The van der Waals surface area contributed by atoms with Gasteiger partial charge < -0.3 is 10.0 Å². The van der Waals surface area contributed by atoms with Crippen LogP contribution in [0.3, 0.4) is 0 Å². The van der Waals surface area contributed by atoms with Crippen LogP contribution in [0.15, 0.2) is 0 Å². The van der Waals surface area contributed by atoms with Gasteiger partial charge in [0.2, 0.25) is 0 Å². The van der Waals surface area contributed by atoms with Gasteiger partial charge in [-0.25, -0.2) is 0 Å². The van der Waals surface area contributed by atoms with E-state index in [9.17, 15) is 0 Å². The van der Waals surface area contributed by atoms with Crippen LogP contribution in [-0.4, -0.2) is 35.7 Å². The van der Waals surface area contributed by atoms with Gasteiger partial charge in [-0.15, -0.1) is 0 Å². The normalized spacial score (nSPS) is 13.9. The predicted molar refractivity (Wildman–Crippen MR) is 48.7 cm³/mol. The maximum Gasteiger partial charge on any atom is 0.0639 e. The second-order valence-electron chi connectivity index (χ2n) is 3.15. The lowest BCUT2D eigenvalue weighted by atomic mass is 10.3. The quantitative estimate of drug-likeness (QED) is 0.634. The number of hydrogen-bond acceptors (Lipinski definition) is 2. The van der Waals surface area contributed by atoms with E-state index >= 15 is 0 Å². The Morgan fingerprint density at radius 2 is 1.64 bits per heavy atom. The molecule has 0 aliphatic carbocycles. The Morgan fingerprint density at radius 1 is 1.18 bits per heavy atom. The SMILES string of the molecule is CCCN(CCC)C[C@@H](C)O. The zero-order valence-corrected chi connectivity index (χ0v) is 8.01. The fourth-order valence-corrected chi connectivity index (χ4v) is 1.30. The molecule has 0 aliphatic heterocycles. The van der Waals surface area contributed by atoms with E-state index in [1.807, 2.05) is 6.92 Å². The molecule has 1 N–H and O–H groups in total. The molecule has 0 aliphatic rings. The zero-order valence-electron chi connectivity index (χ0n) is 8.01. The zero-order chi connectivity index (χ0) is 8.69. The average molecular weight is 159 g/mol. The van der Waals surface area contributed by atoms with Gasteiger partial charge in [0.25, 0.3) is 0 Å². The van der Waals surface area contributed by atoms with Crippen LogP contribution in [0.25, 0.3) is 0 Å². The highest BCUT2D eigenvalue weighted by Crippen LogP contribution is 1.95. The summed E-state index contributed by atoms with van der Waals surface area (Å²) in [5, 5.41) is 9.13. The Labute approximate surface area is 70.2 Å². The van der Waals surface area contributed by atoms with Crippen molar-refractivity contribution in [3.63, 3.8) is 0 Å². The first-order chi connectivity index (χ1) is 5.20. The highest BCUT2D eigenvalue weighted by Gasteiger charge is 2.04. The maximum atomic E-state index is 9.13. The topological polar surface area (TPSA) is 23.5 Å². The first kappa shape index (κ1) is 10.9. The molecule has 0 saturated heterocycles. The maximum absolute atomic E-state index is 9.13. The molecule has 0 amide bonds. The van der Waals surface area contributed by atoms with Gasteiger partial charge in [0.05, 0.1) is 6.10 Å². The molecule has 2 heteroatoms. The molecule has 0 rings (SSSR count). The molecule has 0 radical (unpaired) electrons. The van der Waals surface area contributed by atoms with Crippen molar-refractivity contribution in [1.82, 2.24) is 4.90 Å². The van der Waals surface area contributed by atoms with Crippen LogP contribution in [0.4, 0.5) is 0 Å². The van der Waals surface area contributed by atoms with Crippen molar-refractivity contribution >= 4 is 0 Å². The van der Waals surface area contributed by atoms with E-state index < -0.39 is 0 Å². The van der Waals surface area contributed by atoms with Gasteiger partial charge >= 0.3 is 0 Å². The van der Waals surface area contributed by atoms with Gasteiger partial charge in [0.15, 0.2) is 0 Å². The number of nitrogens with zero attached hydrogens (tertiary/aromatic N) is 1. The van der Waals surface area contributed by atoms with Gasteiger partial charge in [-0.1, -0.05) is 13.8 Å². The molecule has 0 heterocycles. The summed E-state index contributed by atoms with van der Waals surface area (Å²) >= 11 is 0. The van der Waals surface area contributed by atoms with Gasteiger partial charge in [-0.2, -0.15) is 0 Å². The monoisotopic (exact) mass is 159 g/mol. The molecule has 0 aromatic rings. The third kappa shape index (κ3) is 6.32. The van der Waals surface area contributed by atoms with Crippen molar-refractivity contribution < 1.29 is 5.11 Å². The minimum atomic E-state index is -0.187. The largest absolute Gasteiger partial charge is 0.392 e. The van der Waals surface area contributed by atoms with Crippen LogP contribution in [-0.2, 0) is 0 Å². The molecule has 2 nitrogen and oxygen atoms in total. The van der Waals surface area contributed by atoms with Crippen LogP contribution in [0.5, 0.6) is 0 Å². The van der Waals surface area contributed by atoms with E-state index in [1.165, 1.54) is 12.8 Å². The first-order valence-corrected chi connectivity index (χ1v) is 4.61. The summed E-state index contributed by atoms with van der Waals surface area (Å²) in [6, 6.07) is 0. The van der Waals surface area contributed by atoms with E-state index in [1.54, 1.807) is 0 Å². The molecule has 0 spiro atoms. The lowest BCUT2D eigenvalue weighted by Crippen LogP contribution is -2.32. The minimum Gasteiger partial charge on any atom is -0.392 e. The van der Waals surface area contributed by atoms with E-state index in [0.29, 0.717) is 0 Å². The van der Waals surface area contributed by atoms with Crippen molar-refractivity contribution in [2.75, 3.05) is 19.6 Å².